The smallest absolute Gasteiger partial charge is 0.347 e. The first kappa shape index (κ1) is 18.9. The zero-order valence-electron chi connectivity index (χ0n) is 14.7. The van der Waals surface area contributed by atoms with Crippen LogP contribution in [0.1, 0.15) is 23.0 Å². The highest BCUT2D eigenvalue weighted by Gasteiger charge is 2.30. The van der Waals surface area contributed by atoms with Crippen LogP contribution in [0, 0.1) is 5.92 Å². The molecular weight excluding hydrogens is 354 g/mol. The van der Waals surface area contributed by atoms with Crippen molar-refractivity contribution in [3.05, 3.63) is 29.0 Å². The van der Waals surface area contributed by atoms with Gasteiger partial charge >= 0.3 is 5.97 Å². The maximum atomic E-state index is 12.2. The Bertz CT molecular complexity index is 823. The SMILES string of the molecule is CCOC(=O)c1c(NCC(O)CO)oc(C=C2C=NC3N=CC=CC23)c1O. The molecule has 0 bridgehead atoms. The number of ether oxygens (including phenoxy) is 1. The number of allylic oxidation sites excluding steroid dienone is 1. The number of nitrogens with one attached hydrogen (secondary N) is 1. The molecule has 0 spiro atoms. The summed E-state index contributed by atoms with van der Waals surface area (Å²) in [5.41, 5.74) is 0.604. The normalized spacial score (nSPS) is 22.9. The quantitative estimate of drug-likeness (QED) is 0.521. The number of anilines is 1. The number of esters is 1. The predicted molar refractivity (Wildman–Crippen MR) is 99.3 cm³/mol. The highest BCUT2D eigenvalue weighted by molar-refractivity contribution is 5.99. The molecule has 0 saturated heterocycles. The van der Waals surface area contributed by atoms with Gasteiger partial charge in [-0.25, -0.2) is 4.79 Å². The lowest BCUT2D eigenvalue weighted by atomic mass is 9.97. The first-order chi connectivity index (χ1) is 13.0. The molecule has 3 heterocycles. The monoisotopic (exact) mass is 375 g/mol. The van der Waals surface area contributed by atoms with E-state index in [0.717, 1.165) is 5.57 Å². The molecule has 2 aliphatic heterocycles. The summed E-state index contributed by atoms with van der Waals surface area (Å²) < 4.78 is 10.6. The molecule has 3 rings (SSSR count). The summed E-state index contributed by atoms with van der Waals surface area (Å²) in [6, 6.07) is 0. The van der Waals surface area contributed by atoms with E-state index < -0.39 is 18.7 Å². The molecule has 1 aromatic heterocycles. The van der Waals surface area contributed by atoms with Gasteiger partial charge in [0.2, 0.25) is 5.88 Å². The number of aliphatic imine (C=N–C) groups is 2. The van der Waals surface area contributed by atoms with Gasteiger partial charge in [-0.05, 0) is 24.6 Å². The van der Waals surface area contributed by atoms with Crippen LogP contribution in [0.25, 0.3) is 6.08 Å². The second-order valence-electron chi connectivity index (χ2n) is 6.00. The molecule has 27 heavy (non-hydrogen) atoms. The van der Waals surface area contributed by atoms with Gasteiger partial charge in [0.25, 0.3) is 0 Å². The van der Waals surface area contributed by atoms with Crippen LogP contribution >= 0.6 is 0 Å². The molecule has 2 aliphatic rings. The Morgan fingerprint density at radius 1 is 1.48 bits per heavy atom. The topological polar surface area (TPSA) is 137 Å². The Balaban J connectivity index is 1.92. The van der Waals surface area contributed by atoms with Crippen LogP contribution < -0.4 is 5.32 Å². The molecule has 0 saturated carbocycles. The van der Waals surface area contributed by atoms with Crippen LogP contribution in [0.5, 0.6) is 5.75 Å². The fraction of sp³-hybridized carbons (Fsp3) is 0.389. The van der Waals surface area contributed by atoms with Crippen molar-refractivity contribution in [3.8, 4) is 5.75 Å². The second kappa shape index (κ2) is 8.19. The molecule has 0 fully saturated rings. The van der Waals surface area contributed by atoms with Crippen LogP contribution in [-0.4, -0.2) is 65.7 Å². The summed E-state index contributed by atoms with van der Waals surface area (Å²) in [6.45, 7) is 1.23. The maximum absolute atomic E-state index is 12.2. The molecular formula is C18H21N3O6. The van der Waals surface area contributed by atoms with Gasteiger partial charge in [-0.2, -0.15) is 0 Å². The second-order valence-corrected chi connectivity index (χ2v) is 6.00. The number of aliphatic hydroxyl groups is 2. The summed E-state index contributed by atoms with van der Waals surface area (Å²) >= 11 is 0. The van der Waals surface area contributed by atoms with E-state index >= 15 is 0 Å². The Morgan fingerprint density at radius 3 is 3.04 bits per heavy atom. The number of carbonyl (C=O) groups excluding carboxylic acids is 1. The van der Waals surface area contributed by atoms with Gasteiger partial charge in [0.15, 0.2) is 17.1 Å². The standard InChI is InChI=1S/C18H21N3O6/c1-2-26-18(25)14-15(24)13(27-17(14)21-8-11(23)9-22)6-10-7-20-16-12(10)4-3-5-19-16/h3-7,11-12,16,21-24H,2,8-9H2,1H3. The van der Waals surface area contributed by atoms with Crippen LogP contribution in [0.2, 0.25) is 0 Å². The first-order valence-electron chi connectivity index (χ1n) is 8.55. The molecule has 9 heteroatoms. The maximum Gasteiger partial charge on any atom is 0.347 e. The van der Waals surface area contributed by atoms with Gasteiger partial charge in [0.05, 0.1) is 19.3 Å². The summed E-state index contributed by atoms with van der Waals surface area (Å²) in [6.07, 6.45) is 7.39. The lowest BCUT2D eigenvalue weighted by Gasteiger charge is -2.13. The zero-order chi connectivity index (χ0) is 19.4. The molecule has 4 N–H and O–H groups in total. The van der Waals surface area contributed by atoms with Crippen molar-refractivity contribution >= 4 is 30.4 Å². The molecule has 3 atom stereocenters. The van der Waals surface area contributed by atoms with Gasteiger partial charge in [-0.1, -0.05) is 6.08 Å². The summed E-state index contributed by atoms with van der Waals surface area (Å²) in [7, 11) is 0. The van der Waals surface area contributed by atoms with Crippen LogP contribution in [0.15, 0.2) is 32.1 Å². The minimum Gasteiger partial charge on any atom is -0.504 e. The average molecular weight is 375 g/mol. The van der Waals surface area contributed by atoms with E-state index in [0.29, 0.717) is 0 Å². The van der Waals surface area contributed by atoms with Crippen molar-refractivity contribution in [2.75, 3.05) is 25.1 Å². The third-order valence-electron chi connectivity index (χ3n) is 4.12. The lowest BCUT2D eigenvalue weighted by Crippen LogP contribution is -2.23. The van der Waals surface area contributed by atoms with Crippen molar-refractivity contribution < 1.29 is 29.3 Å². The third-order valence-corrected chi connectivity index (χ3v) is 4.12. The van der Waals surface area contributed by atoms with Crippen molar-refractivity contribution in [2.24, 2.45) is 15.9 Å². The number of aliphatic hydroxyl groups excluding tert-OH is 2. The fourth-order valence-electron chi connectivity index (χ4n) is 2.78. The number of dihydropyridines is 1. The van der Waals surface area contributed by atoms with Gasteiger partial charge in [-0.3, -0.25) is 9.98 Å². The van der Waals surface area contributed by atoms with Gasteiger partial charge in [0.1, 0.15) is 6.17 Å². The van der Waals surface area contributed by atoms with Gasteiger partial charge in [0, 0.05) is 24.9 Å². The van der Waals surface area contributed by atoms with Crippen molar-refractivity contribution in [1.29, 1.82) is 0 Å². The summed E-state index contributed by atoms with van der Waals surface area (Å²) in [4.78, 5) is 20.8. The number of furan rings is 1. The van der Waals surface area contributed by atoms with E-state index in [1.54, 1.807) is 25.4 Å². The number of fused-ring (bicyclic) bond motifs is 1. The van der Waals surface area contributed by atoms with Crippen LogP contribution in [-0.2, 0) is 4.74 Å². The average Bonchev–Trinajstić information content (AvgIpc) is 3.21. The number of rotatable bonds is 7. The number of carbonyl (C=O) groups is 1. The molecule has 0 aliphatic carbocycles. The van der Waals surface area contributed by atoms with Crippen molar-refractivity contribution in [3.63, 3.8) is 0 Å². The Hall–Kier alpha value is -2.91. The minimum atomic E-state index is -1.05. The van der Waals surface area contributed by atoms with E-state index in [9.17, 15) is 15.0 Å². The molecule has 0 radical (unpaired) electrons. The minimum absolute atomic E-state index is 0.0472. The highest BCUT2D eigenvalue weighted by Crippen LogP contribution is 2.37. The molecule has 9 nitrogen and oxygen atoms in total. The zero-order valence-corrected chi connectivity index (χ0v) is 14.7. The number of aromatic hydroxyl groups is 1. The van der Waals surface area contributed by atoms with Crippen molar-refractivity contribution in [2.45, 2.75) is 19.2 Å². The Labute approximate surface area is 155 Å². The summed E-state index contributed by atoms with van der Waals surface area (Å²) in [5, 5.41) is 31.6. The van der Waals surface area contributed by atoms with Crippen molar-refractivity contribution in [1.82, 2.24) is 0 Å². The third kappa shape index (κ3) is 3.93. The largest absolute Gasteiger partial charge is 0.504 e. The van der Waals surface area contributed by atoms with Gasteiger partial charge < -0.3 is 29.8 Å². The van der Waals surface area contributed by atoms with E-state index in [1.807, 2.05) is 12.2 Å². The molecule has 144 valence electrons. The Morgan fingerprint density at radius 2 is 2.30 bits per heavy atom. The first-order valence-corrected chi connectivity index (χ1v) is 8.55. The van der Waals surface area contributed by atoms with E-state index in [-0.39, 0.29) is 48.2 Å². The molecule has 1 aromatic rings. The number of hydrogen-bond donors (Lipinski definition) is 4. The van der Waals surface area contributed by atoms with E-state index in [2.05, 4.69) is 15.3 Å². The Kier molecular flexibility index (Phi) is 5.72. The lowest BCUT2D eigenvalue weighted by molar-refractivity contribution is 0.0523. The summed E-state index contributed by atoms with van der Waals surface area (Å²) in [5.74, 6) is -1.19. The predicted octanol–water partition coefficient (Wildman–Crippen LogP) is 0.978. The van der Waals surface area contributed by atoms with E-state index in [4.69, 9.17) is 14.3 Å². The molecule has 3 unspecified atom stereocenters. The van der Waals surface area contributed by atoms with E-state index in [1.165, 1.54) is 0 Å². The van der Waals surface area contributed by atoms with Gasteiger partial charge in [-0.15, -0.1) is 0 Å². The van der Waals surface area contributed by atoms with Crippen LogP contribution in [0.3, 0.4) is 0 Å². The number of hydrogen-bond acceptors (Lipinski definition) is 9. The molecule has 0 amide bonds. The highest BCUT2D eigenvalue weighted by atomic mass is 16.5. The molecule has 0 aromatic carbocycles. The fourth-order valence-corrected chi connectivity index (χ4v) is 2.78. The van der Waals surface area contributed by atoms with Crippen LogP contribution in [0.4, 0.5) is 5.88 Å². The number of nitrogens with zero attached hydrogens (tertiary/aromatic N) is 2.